The van der Waals surface area contributed by atoms with E-state index in [2.05, 4.69) is 0 Å². The molecule has 5 aromatic rings. The van der Waals surface area contributed by atoms with Crippen LogP contribution in [0.5, 0.6) is 0 Å². The maximum Gasteiger partial charge on any atom is 0.106 e. The third-order valence-corrected chi connectivity index (χ3v) is 19.3. The summed E-state index contributed by atoms with van der Waals surface area (Å²) in [5, 5.41) is 27.2. The summed E-state index contributed by atoms with van der Waals surface area (Å²) in [6.07, 6.45) is -2.86. The van der Waals surface area contributed by atoms with Gasteiger partial charge in [0.05, 0.1) is 429 Å². The van der Waals surface area contributed by atoms with E-state index < -0.39 is 36.6 Å². The lowest BCUT2D eigenvalue weighted by Gasteiger charge is -2.27. The maximum atomic E-state index is 9.84. The van der Waals surface area contributed by atoms with E-state index in [0.29, 0.717) is 357 Å². The minimum absolute atomic E-state index is 0.00876. The van der Waals surface area contributed by atoms with Crippen LogP contribution >= 0.6 is 0 Å². The zero-order valence-electron chi connectivity index (χ0n) is 81.6. The van der Waals surface area contributed by atoms with E-state index in [4.69, 9.17) is 171 Å². The average molecular weight is 1970 g/mol. The van der Waals surface area contributed by atoms with Gasteiger partial charge in [-0.05, 0) is 27.8 Å². The molecule has 0 radical (unpaired) electrons. The lowest BCUT2D eigenvalue weighted by atomic mass is 10.1. The number of aliphatic hydroxyl groups excluding tert-OH is 3. The first-order valence-corrected chi connectivity index (χ1v) is 48.6. The smallest absolute Gasteiger partial charge is 0.106 e. The lowest BCUT2D eigenvalue weighted by Crippen LogP contribution is -2.30. The van der Waals surface area contributed by atoms with E-state index >= 15 is 0 Å². The van der Waals surface area contributed by atoms with Crippen molar-refractivity contribution >= 4 is 0 Å². The predicted molar refractivity (Wildman–Crippen MR) is 510 cm³/mol. The topological polar surface area (TPSA) is 375 Å². The highest BCUT2D eigenvalue weighted by Gasteiger charge is 2.25. The van der Waals surface area contributed by atoms with Gasteiger partial charge in [-0.3, -0.25) is 0 Å². The predicted octanol–water partition coefficient (Wildman–Crippen LogP) is 7.60. The third kappa shape index (κ3) is 74.5. The molecule has 0 aliphatic carbocycles. The van der Waals surface area contributed by atoms with Gasteiger partial charge >= 0.3 is 0 Å². The summed E-state index contributed by atoms with van der Waals surface area (Å²) in [7, 11) is 0. The van der Waals surface area contributed by atoms with E-state index in [0.717, 1.165) is 27.8 Å². The normalized spacial score (nSPS) is 13.1. The van der Waals surface area contributed by atoms with E-state index in [1.54, 1.807) is 0 Å². The van der Waals surface area contributed by atoms with Crippen molar-refractivity contribution in [2.45, 2.75) is 36.6 Å². The van der Waals surface area contributed by atoms with Crippen LogP contribution in [-0.4, -0.2) is 451 Å². The molecule has 0 amide bonds. The molecule has 0 fully saturated rings. The van der Waals surface area contributed by atoms with Crippen LogP contribution in [0.1, 0.15) is 58.3 Å². The van der Waals surface area contributed by atoms with Gasteiger partial charge in [-0.25, -0.2) is 0 Å². The number of hydrogen-bond donors (Lipinski definition) is 3. The van der Waals surface area contributed by atoms with Crippen molar-refractivity contribution in [2.75, 3.05) is 429 Å². The van der Waals surface area contributed by atoms with Crippen LogP contribution < -0.4 is 0 Å². The second-order valence-electron chi connectivity index (χ2n) is 29.9. The molecule has 5 rings (SSSR count). The Hall–Kier alpha value is -5.38. The summed E-state index contributed by atoms with van der Waals surface area (Å²) < 4.78 is 197. The molecule has 0 heterocycles. The molecule has 0 aliphatic heterocycles. The molecule has 5 aromatic carbocycles. The van der Waals surface area contributed by atoms with Gasteiger partial charge in [0.2, 0.25) is 0 Å². The molecule has 0 aliphatic rings. The zero-order chi connectivity index (χ0) is 97.0. The third-order valence-electron chi connectivity index (χ3n) is 19.3. The second-order valence-corrected chi connectivity index (χ2v) is 29.9. The average Bonchev–Trinajstić information content (AvgIpc) is 0.884. The van der Waals surface area contributed by atoms with Crippen LogP contribution in [0.4, 0.5) is 0 Å². The molecule has 0 spiro atoms. The molecule has 790 valence electrons. The molecule has 3 N–H and O–H groups in total. The largest absolute Gasteiger partial charge is 0.394 e. The Balaban J connectivity index is 0.892. The Labute approximate surface area is 818 Å². The Morgan fingerprint density at radius 2 is 0.261 bits per heavy atom. The maximum absolute atomic E-state index is 9.84. The minimum Gasteiger partial charge on any atom is -0.394 e. The monoisotopic (exact) mass is 1970 g/mol. The molecule has 0 saturated heterocycles. The molecule has 37 heteroatoms. The highest BCUT2D eigenvalue weighted by molar-refractivity contribution is 5.22. The fourth-order valence-corrected chi connectivity index (χ4v) is 12.2. The van der Waals surface area contributed by atoms with Crippen molar-refractivity contribution in [3.05, 3.63) is 179 Å². The molecule has 0 aromatic heterocycles. The van der Waals surface area contributed by atoms with Crippen molar-refractivity contribution < 1.29 is 176 Å². The van der Waals surface area contributed by atoms with Crippen LogP contribution in [0, 0.1) is 0 Å². The minimum atomic E-state index is -0.577. The number of benzene rings is 5. The van der Waals surface area contributed by atoms with Crippen molar-refractivity contribution in [3.8, 4) is 0 Å². The number of ether oxygens (including phenoxy) is 34. The number of rotatable bonds is 109. The molecular formula is C101H164O37. The van der Waals surface area contributed by atoms with Gasteiger partial charge < -0.3 is 176 Å². The molecular weight excluding hydrogens is 1810 g/mol. The lowest BCUT2D eigenvalue weighted by molar-refractivity contribution is -0.125. The van der Waals surface area contributed by atoms with Gasteiger partial charge in [-0.1, -0.05) is 152 Å². The standard InChI is InChI=1S/C101H164O37/c102-26-29-105-32-34-107-36-38-109-40-42-111-44-46-113-48-50-115-52-54-117-56-58-119-60-62-121-64-66-123-68-70-125-72-74-127-76-78-129-80-82-134-100(94-22-12-4-13-23-94)89-137-97(91-16-6-1-7-17-91)86-131-84-96(136-88-99(133-31-28-104)93-20-10-3-11-21-93)85-132-87-98(92-18-8-2-9-19-92)138-90-101(95-24-14-5-15-25-95)135-83-81-130-79-77-128-75-73-126-71-69-124-67-65-122-63-61-120-59-57-118-55-53-116-51-49-114-47-45-112-43-41-110-39-37-108-35-33-106-30-27-103/h1-25,96-104H,26-90H2. The van der Waals surface area contributed by atoms with E-state index in [-0.39, 0.29) is 72.7 Å². The van der Waals surface area contributed by atoms with Gasteiger partial charge in [0.25, 0.3) is 0 Å². The van der Waals surface area contributed by atoms with Crippen molar-refractivity contribution in [3.63, 3.8) is 0 Å². The molecule has 0 saturated carbocycles. The van der Waals surface area contributed by atoms with Gasteiger partial charge in [0.15, 0.2) is 0 Å². The summed E-state index contributed by atoms with van der Waals surface area (Å²) in [6.45, 7) is 25.1. The number of aliphatic hydroxyl groups is 3. The summed E-state index contributed by atoms with van der Waals surface area (Å²) >= 11 is 0. The van der Waals surface area contributed by atoms with Crippen LogP contribution in [-0.2, 0) is 161 Å². The highest BCUT2D eigenvalue weighted by atomic mass is 16.6. The Bertz CT molecular complexity index is 3040. The summed E-state index contributed by atoms with van der Waals surface area (Å²) in [5.74, 6) is 0. The fraction of sp³-hybridized carbons (Fsp3) is 0.703. The Morgan fingerprint density at radius 1 is 0.123 bits per heavy atom. The first kappa shape index (κ1) is 123. The first-order chi connectivity index (χ1) is 68.7. The second kappa shape index (κ2) is 97.7. The molecule has 37 nitrogen and oxygen atoms in total. The Kier molecular flexibility index (Phi) is 87.1. The van der Waals surface area contributed by atoms with E-state index in [1.165, 1.54) is 0 Å². The van der Waals surface area contributed by atoms with E-state index in [1.807, 2.05) is 152 Å². The highest BCUT2D eigenvalue weighted by Crippen LogP contribution is 2.27. The quantitative estimate of drug-likeness (QED) is 0.0315. The Morgan fingerprint density at radius 3 is 0.428 bits per heavy atom. The van der Waals surface area contributed by atoms with Crippen LogP contribution in [0.15, 0.2) is 152 Å². The molecule has 138 heavy (non-hydrogen) atoms. The summed E-state index contributed by atoms with van der Waals surface area (Å²) in [6, 6.07) is 49.7. The van der Waals surface area contributed by atoms with Crippen molar-refractivity contribution in [2.24, 2.45) is 0 Å². The first-order valence-electron chi connectivity index (χ1n) is 48.6. The van der Waals surface area contributed by atoms with Gasteiger partial charge in [0, 0.05) is 0 Å². The van der Waals surface area contributed by atoms with Gasteiger partial charge in [-0.15, -0.1) is 0 Å². The van der Waals surface area contributed by atoms with E-state index in [9.17, 15) is 5.11 Å². The van der Waals surface area contributed by atoms with Crippen LogP contribution in [0.2, 0.25) is 0 Å². The molecule has 0 bridgehead atoms. The molecule has 5 unspecified atom stereocenters. The molecule has 5 atom stereocenters. The summed E-state index contributed by atoms with van der Waals surface area (Å²) in [5.41, 5.74) is 4.68. The number of hydrogen-bond acceptors (Lipinski definition) is 37. The van der Waals surface area contributed by atoms with Crippen LogP contribution in [0.3, 0.4) is 0 Å². The van der Waals surface area contributed by atoms with Gasteiger partial charge in [-0.2, -0.15) is 0 Å². The zero-order valence-corrected chi connectivity index (χ0v) is 81.6. The SMILES string of the molecule is OCCOCCOCCOCCOCCOCCOCCOCCOCCOCCOCCOCCOCCOCCOC(COC(COCC(COCC(OCC(OCCOCCOCCOCCOCCOCCOCCOCCOCCOCCOCCOCCOCCOCCO)c1ccccc1)c1ccccc1)OCC(OCCO)c1ccccc1)c1ccccc1)c1ccccc1. The summed E-state index contributed by atoms with van der Waals surface area (Å²) in [4.78, 5) is 0. The van der Waals surface area contributed by atoms with Gasteiger partial charge in [0.1, 0.15) is 36.6 Å². The fourth-order valence-electron chi connectivity index (χ4n) is 12.2. The van der Waals surface area contributed by atoms with Crippen LogP contribution in [0.25, 0.3) is 0 Å². The van der Waals surface area contributed by atoms with Crippen molar-refractivity contribution in [1.82, 2.24) is 0 Å². The van der Waals surface area contributed by atoms with Crippen molar-refractivity contribution in [1.29, 1.82) is 0 Å².